The van der Waals surface area contributed by atoms with E-state index in [1.165, 1.54) is 36.4 Å². The third-order valence-electron chi connectivity index (χ3n) is 4.31. The molecule has 0 saturated carbocycles. The largest absolute Gasteiger partial charge is 0.449 e. The van der Waals surface area contributed by atoms with E-state index >= 15 is 0 Å². The molecule has 0 fully saturated rings. The van der Waals surface area contributed by atoms with Crippen molar-refractivity contribution in [1.82, 2.24) is 0 Å². The normalized spacial score (nSPS) is 14.0. The molecule has 27 heavy (non-hydrogen) atoms. The van der Waals surface area contributed by atoms with Crippen molar-refractivity contribution in [2.75, 3.05) is 11.4 Å². The zero-order valence-corrected chi connectivity index (χ0v) is 14.7. The van der Waals surface area contributed by atoms with Gasteiger partial charge in [-0.15, -0.1) is 0 Å². The number of fused-ring (bicyclic) bond motifs is 1. The predicted molar refractivity (Wildman–Crippen MR) is 100 cm³/mol. The van der Waals surface area contributed by atoms with Crippen LogP contribution in [0.4, 0.5) is 11.4 Å². The Bertz CT molecular complexity index is 905. The summed E-state index contributed by atoms with van der Waals surface area (Å²) in [6.45, 7) is 2.11. The van der Waals surface area contributed by atoms with Crippen molar-refractivity contribution >= 4 is 29.3 Å². The number of amides is 1. The highest BCUT2D eigenvalue weighted by atomic mass is 16.6. The maximum atomic E-state index is 12.6. The van der Waals surface area contributed by atoms with Gasteiger partial charge in [0.25, 0.3) is 11.6 Å². The second-order valence-corrected chi connectivity index (χ2v) is 6.13. The Labute approximate surface area is 156 Å². The number of non-ortho nitro benzene ring substituents is 1. The molecule has 7 heteroatoms. The van der Waals surface area contributed by atoms with Crippen LogP contribution < -0.4 is 4.90 Å². The van der Waals surface area contributed by atoms with E-state index in [1.807, 2.05) is 24.3 Å². The van der Waals surface area contributed by atoms with Gasteiger partial charge in [-0.2, -0.15) is 0 Å². The van der Waals surface area contributed by atoms with Gasteiger partial charge >= 0.3 is 5.97 Å². The SMILES string of the molecule is C[C@H](OC(=O)/C=C/c1ccc([N+](=O)[O-])cc1)C(=O)N1CCc2ccccc21. The maximum absolute atomic E-state index is 12.6. The molecule has 0 aliphatic carbocycles. The summed E-state index contributed by atoms with van der Waals surface area (Å²) < 4.78 is 5.20. The predicted octanol–water partition coefficient (Wildman–Crippen LogP) is 3.13. The summed E-state index contributed by atoms with van der Waals surface area (Å²) in [5, 5.41) is 10.6. The van der Waals surface area contributed by atoms with Crippen molar-refractivity contribution in [3.8, 4) is 0 Å². The number of ether oxygens (including phenoxy) is 1. The second kappa shape index (κ2) is 7.82. The van der Waals surface area contributed by atoms with Crippen LogP contribution >= 0.6 is 0 Å². The van der Waals surface area contributed by atoms with Gasteiger partial charge in [0.05, 0.1) is 4.92 Å². The molecule has 1 heterocycles. The molecule has 0 aromatic heterocycles. The lowest BCUT2D eigenvalue weighted by atomic mass is 10.2. The monoisotopic (exact) mass is 366 g/mol. The lowest BCUT2D eigenvalue weighted by Crippen LogP contribution is -2.38. The Morgan fingerprint density at radius 3 is 2.59 bits per heavy atom. The number of hydrogen-bond acceptors (Lipinski definition) is 5. The van der Waals surface area contributed by atoms with E-state index in [0.29, 0.717) is 12.1 Å². The summed E-state index contributed by atoms with van der Waals surface area (Å²) in [5.41, 5.74) is 2.54. The molecule has 2 aromatic carbocycles. The van der Waals surface area contributed by atoms with Crippen molar-refractivity contribution in [1.29, 1.82) is 0 Å². The van der Waals surface area contributed by atoms with E-state index in [-0.39, 0.29) is 11.6 Å². The maximum Gasteiger partial charge on any atom is 0.331 e. The molecule has 1 aliphatic heterocycles. The van der Waals surface area contributed by atoms with Crippen molar-refractivity contribution in [3.05, 3.63) is 75.8 Å². The highest BCUT2D eigenvalue weighted by Gasteiger charge is 2.29. The summed E-state index contributed by atoms with van der Waals surface area (Å²) in [5.74, 6) is -0.918. The third-order valence-corrected chi connectivity index (χ3v) is 4.31. The molecule has 0 spiro atoms. The molecule has 2 aromatic rings. The van der Waals surface area contributed by atoms with E-state index in [0.717, 1.165) is 17.7 Å². The number of esters is 1. The van der Waals surface area contributed by atoms with Crippen LogP contribution in [0.1, 0.15) is 18.1 Å². The van der Waals surface area contributed by atoms with Crippen LogP contribution in [0.2, 0.25) is 0 Å². The number of hydrogen-bond donors (Lipinski definition) is 0. The number of carbonyl (C=O) groups excluding carboxylic acids is 2. The zero-order valence-electron chi connectivity index (χ0n) is 14.7. The van der Waals surface area contributed by atoms with Crippen LogP contribution in [0, 0.1) is 10.1 Å². The van der Waals surface area contributed by atoms with Gasteiger partial charge in [-0.25, -0.2) is 4.79 Å². The number of anilines is 1. The summed E-state index contributed by atoms with van der Waals surface area (Å²) in [7, 11) is 0. The van der Waals surface area contributed by atoms with Gasteiger partial charge in [0.15, 0.2) is 6.10 Å². The van der Waals surface area contributed by atoms with E-state index < -0.39 is 17.0 Å². The Hall–Kier alpha value is -3.48. The minimum Gasteiger partial charge on any atom is -0.449 e. The number of rotatable bonds is 5. The molecule has 0 bridgehead atoms. The summed E-state index contributed by atoms with van der Waals surface area (Å²) in [4.78, 5) is 36.3. The van der Waals surface area contributed by atoms with Crippen molar-refractivity contribution in [3.63, 3.8) is 0 Å². The number of benzene rings is 2. The highest BCUT2D eigenvalue weighted by molar-refractivity contribution is 6.00. The van der Waals surface area contributed by atoms with E-state index in [1.54, 1.807) is 11.8 Å². The van der Waals surface area contributed by atoms with Gasteiger partial charge in [0.1, 0.15) is 0 Å². The standard InChI is InChI=1S/C20H18N2O5/c1-14(20(24)21-13-12-16-4-2-3-5-18(16)21)27-19(23)11-8-15-6-9-17(10-7-15)22(25)26/h2-11,14H,12-13H2,1H3/b11-8+/t14-/m0/s1. The minimum absolute atomic E-state index is 0.0279. The first-order chi connectivity index (χ1) is 13.0. The van der Waals surface area contributed by atoms with Gasteiger partial charge in [-0.1, -0.05) is 18.2 Å². The average molecular weight is 366 g/mol. The first-order valence-electron chi connectivity index (χ1n) is 8.48. The molecule has 1 aliphatic rings. The third kappa shape index (κ3) is 4.20. The first-order valence-corrected chi connectivity index (χ1v) is 8.48. The molecule has 1 atom stereocenters. The van der Waals surface area contributed by atoms with Crippen LogP contribution in [-0.4, -0.2) is 29.4 Å². The van der Waals surface area contributed by atoms with E-state index in [4.69, 9.17) is 4.74 Å². The number of nitro benzene ring substituents is 1. The molecular formula is C20H18N2O5. The van der Waals surface area contributed by atoms with Gasteiger partial charge < -0.3 is 9.64 Å². The average Bonchev–Trinajstić information content (AvgIpc) is 3.10. The van der Waals surface area contributed by atoms with Gasteiger partial charge in [0, 0.05) is 30.4 Å². The molecular weight excluding hydrogens is 348 g/mol. The molecule has 0 saturated heterocycles. The summed E-state index contributed by atoms with van der Waals surface area (Å²) in [6.07, 6.45) is 2.55. The first kappa shape index (κ1) is 18.3. The quantitative estimate of drug-likeness (QED) is 0.351. The van der Waals surface area contributed by atoms with E-state index in [2.05, 4.69) is 0 Å². The van der Waals surface area contributed by atoms with Crippen LogP contribution in [-0.2, 0) is 20.7 Å². The Morgan fingerprint density at radius 2 is 1.89 bits per heavy atom. The number of nitrogens with zero attached hydrogens (tertiary/aromatic N) is 2. The molecule has 0 N–H and O–H groups in total. The molecule has 138 valence electrons. The van der Waals surface area contributed by atoms with Crippen molar-refractivity contribution in [2.24, 2.45) is 0 Å². The fourth-order valence-corrected chi connectivity index (χ4v) is 2.92. The van der Waals surface area contributed by atoms with Crippen LogP contribution in [0.3, 0.4) is 0 Å². The number of nitro groups is 1. The van der Waals surface area contributed by atoms with Gasteiger partial charge in [-0.05, 0) is 48.7 Å². The smallest absolute Gasteiger partial charge is 0.331 e. The van der Waals surface area contributed by atoms with Gasteiger partial charge in [-0.3, -0.25) is 14.9 Å². The topological polar surface area (TPSA) is 89.7 Å². The van der Waals surface area contributed by atoms with Crippen LogP contribution in [0.25, 0.3) is 6.08 Å². The van der Waals surface area contributed by atoms with Crippen molar-refractivity contribution < 1.29 is 19.2 Å². The number of carbonyl (C=O) groups is 2. The van der Waals surface area contributed by atoms with Crippen LogP contribution in [0.5, 0.6) is 0 Å². The number of para-hydroxylation sites is 1. The Kier molecular flexibility index (Phi) is 5.30. The molecule has 1 amide bonds. The summed E-state index contributed by atoms with van der Waals surface area (Å²) in [6, 6.07) is 13.4. The van der Waals surface area contributed by atoms with Gasteiger partial charge in [0.2, 0.25) is 0 Å². The molecule has 0 unspecified atom stereocenters. The Balaban J connectivity index is 1.59. The van der Waals surface area contributed by atoms with Crippen molar-refractivity contribution in [2.45, 2.75) is 19.4 Å². The molecule has 7 nitrogen and oxygen atoms in total. The Morgan fingerprint density at radius 1 is 1.19 bits per heavy atom. The van der Waals surface area contributed by atoms with Crippen LogP contribution in [0.15, 0.2) is 54.6 Å². The minimum atomic E-state index is -0.912. The lowest BCUT2D eigenvalue weighted by Gasteiger charge is -2.21. The fraction of sp³-hybridized carbons (Fsp3) is 0.200. The lowest BCUT2D eigenvalue weighted by molar-refractivity contribution is -0.384. The highest BCUT2D eigenvalue weighted by Crippen LogP contribution is 2.28. The van der Waals surface area contributed by atoms with E-state index in [9.17, 15) is 19.7 Å². The zero-order chi connectivity index (χ0) is 19.4. The summed E-state index contributed by atoms with van der Waals surface area (Å²) >= 11 is 0. The molecule has 0 radical (unpaired) electrons. The fourth-order valence-electron chi connectivity index (χ4n) is 2.92. The molecule has 3 rings (SSSR count). The second-order valence-electron chi connectivity index (χ2n) is 6.13.